The normalized spacial score (nSPS) is 33.4. The van der Waals surface area contributed by atoms with Crippen molar-refractivity contribution in [2.24, 2.45) is 0 Å². The number of fused-ring (bicyclic) bond motifs is 2. The van der Waals surface area contributed by atoms with Crippen LogP contribution in [-0.2, 0) is 20.9 Å². The lowest BCUT2D eigenvalue weighted by molar-refractivity contribution is -0.147. The average molecular weight is 348 g/mol. The van der Waals surface area contributed by atoms with Gasteiger partial charge in [0.05, 0.1) is 13.2 Å². The maximum atomic E-state index is 12.2. The van der Waals surface area contributed by atoms with Crippen LogP contribution in [0.2, 0.25) is 0 Å². The van der Waals surface area contributed by atoms with Crippen LogP contribution >= 0.6 is 34.8 Å². The number of hydrogen-bond acceptors (Lipinski definition) is 3. The fraction of sp³-hybridized carbons (Fsp3) is 0.400. The average Bonchev–Trinajstić information content (AvgIpc) is 2.90. The molecule has 3 atom stereocenters. The van der Waals surface area contributed by atoms with Crippen molar-refractivity contribution in [3.63, 3.8) is 0 Å². The maximum Gasteiger partial charge on any atom is 0.211 e. The van der Waals surface area contributed by atoms with Crippen LogP contribution in [0.1, 0.15) is 5.56 Å². The van der Waals surface area contributed by atoms with Gasteiger partial charge in [-0.25, -0.2) is 0 Å². The summed E-state index contributed by atoms with van der Waals surface area (Å²) < 4.78 is 9.68. The van der Waals surface area contributed by atoms with Gasteiger partial charge >= 0.3 is 0 Å². The lowest BCUT2D eigenvalue weighted by Gasteiger charge is -2.43. The standard InChI is InChI=1S/C15H13Cl3O3/c16-12-11-6-7-14(21-11,15(17,18)13(12)19)9-20-8-10-4-2-1-3-5-10/h1-7,11-12H,8-9H2/t11-,12+,14-/m0/s1. The zero-order valence-electron chi connectivity index (χ0n) is 11.0. The van der Waals surface area contributed by atoms with Crippen LogP contribution in [0.15, 0.2) is 42.5 Å². The first-order chi connectivity index (χ1) is 9.96. The topological polar surface area (TPSA) is 35.5 Å². The van der Waals surface area contributed by atoms with E-state index in [0.29, 0.717) is 6.61 Å². The fourth-order valence-electron chi connectivity index (χ4n) is 2.51. The predicted octanol–water partition coefficient (Wildman–Crippen LogP) is 3.26. The molecule has 2 bridgehead atoms. The van der Waals surface area contributed by atoms with E-state index < -0.39 is 27.2 Å². The zero-order valence-corrected chi connectivity index (χ0v) is 13.2. The van der Waals surface area contributed by atoms with Gasteiger partial charge in [0.15, 0.2) is 11.4 Å². The summed E-state index contributed by atoms with van der Waals surface area (Å²) in [5.41, 5.74) is -0.169. The van der Waals surface area contributed by atoms with Gasteiger partial charge in [-0.15, -0.1) is 11.6 Å². The van der Waals surface area contributed by atoms with Crippen molar-refractivity contribution in [2.75, 3.05) is 6.61 Å². The first-order valence-corrected chi connectivity index (χ1v) is 7.70. The minimum Gasteiger partial charge on any atom is -0.373 e. The molecule has 1 saturated heterocycles. The molecular formula is C15H13Cl3O3. The van der Waals surface area contributed by atoms with Crippen LogP contribution in [-0.4, -0.2) is 33.8 Å². The van der Waals surface area contributed by atoms with Crippen molar-refractivity contribution >= 4 is 40.6 Å². The van der Waals surface area contributed by atoms with Crippen LogP contribution in [0, 0.1) is 0 Å². The number of ketones is 1. The number of ether oxygens (including phenoxy) is 2. The number of hydrogen-bond donors (Lipinski definition) is 0. The van der Waals surface area contributed by atoms with E-state index >= 15 is 0 Å². The van der Waals surface area contributed by atoms with Crippen LogP contribution in [0.25, 0.3) is 0 Å². The molecule has 0 aromatic heterocycles. The molecule has 1 fully saturated rings. The Bertz CT molecular complexity index is 573. The first kappa shape index (κ1) is 15.3. The van der Waals surface area contributed by atoms with E-state index in [0.717, 1.165) is 5.56 Å². The van der Waals surface area contributed by atoms with Gasteiger partial charge in [-0.3, -0.25) is 4.79 Å². The summed E-state index contributed by atoms with van der Waals surface area (Å²) in [6, 6.07) is 9.67. The third-order valence-corrected chi connectivity index (χ3v) is 5.17. The largest absolute Gasteiger partial charge is 0.373 e. The number of benzene rings is 1. The van der Waals surface area contributed by atoms with Crippen molar-refractivity contribution < 1.29 is 14.3 Å². The van der Waals surface area contributed by atoms with Gasteiger partial charge in [0, 0.05) is 0 Å². The highest BCUT2D eigenvalue weighted by Crippen LogP contribution is 2.49. The van der Waals surface area contributed by atoms with E-state index in [9.17, 15) is 4.79 Å². The molecule has 0 amide bonds. The van der Waals surface area contributed by atoms with Crippen molar-refractivity contribution in [3.05, 3.63) is 48.0 Å². The minimum atomic E-state index is -1.75. The van der Waals surface area contributed by atoms with Gasteiger partial charge in [0.2, 0.25) is 4.33 Å². The van der Waals surface area contributed by atoms with E-state index in [4.69, 9.17) is 44.3 Å². The lowest BCUT2D eigenvalue weighted by Crippen LogP contribution is -2.62. The molecule has 0 spiro atoms. The molecule has 0 saturated carbocycles. The highest BCUT2D eigenvalue weighted by atomic mass is 35.5. The van der Waals surface area contributed by atoms with Gasteiger partial charge in [-0.1, -0.05) is 59.6 Å². The first-order valence-electron chi connectivity index (χ1n) is 6.51. The van der Waals surface area contributed by atoms with E-state index in [-0.39, 0.29) is 6.61 Å². The molecule has 112 valence electrons. The summed E-state index contributed by atoms with van der Waals surface area (Å²) in [5.74, 6) is -0.447. The van der Waals surface area contributed by atoms with Crippen LogP contribution in [0.4, 0.5) is 0 Å². The van der Waals surface area contributed by atoms with E-state index in [1.807, 2.05) is 30.3 Å². The molecule has 1 aromatic carbocycles. The van der Waals surface area contributed by atoms with E-state index in [2.05, 4.69) is 0 Å². The summed E-state index contributed by atoms with van der Waals surface area (Å²) in [6.45, 7) is 0.462. The highest BCUT2D eigenvalue weighted by Gasteiger charge is 2.64. The third kappa shape index (κ3) is 2.51. The molecule has 3 rings (SSSR count). The molecule has 0 radical (unpaired) electrons. The van der Waals surface area contributed by atoms with E-state index in [1.165, 1.54) is 0 Å². The second kappa shape index (κ2) is 5.56. The fourth-order valence-corrected chi connectivity index (χ4v) is 3.48. The third-order valence-electron chi connectivity index (χ3n) is 3.71. The molecule has 3 nitrogen and oxygen atoms in total. The zero-order chi connectivity index (χ0) is 15.1. The molecule has 21 heavy (non-hydrogen) atoms. The van der Waals surface area contributed by atoms with Crippen molar-refractivity contribution in [3.8, 4) is 0 Å². The molecule has 6 heteroatoms. The van der Waals surface area contributed by atoms with Crippen LogP contribution in [0.5, 0.6) is 0 Å². The Labute approximate surface area is 137 Å². The Morgan fingerprint density at radius 2 is 1.95 bits per heavy atom. The summed E-state index contributed by atoms with van der Waals surface area (Å²) >= 11 is 18.4. The molecule has 2 aliphatic heterocycles. The van der Waals surface area contributed by atoms with Crippen molar-refractivity contribution in [2.45, 2.75) is 28.0 Å². The molecule has 2 heterocycles. The lowest BCUT2D eigenvalue weighted by atomic mass is 9.94. The highest BCUT2D eigenvalue weighted by molar-refractivity contribution is 6.62. The quantitative estimate of drug-likeness (QED) is 0.619. The monoisotopic (exact) mass is 346 g/mol. The Hall–Kier alpha value is -0.580. The number of Topliss-reactive ketones (excluding diaryl/α,β-unsaturated/α-hetero) is 1. The Kier molecular flexibility index (Phi) is 4.06. The second-order valence-corrected chi connectivity index (χ2v) is 6.95. The summed E-state index contributed by atoms with van der Waals surface area (Å²) in [7, 11) is 0. The predicted molar refractivity (Wildman–Crippen MR) is 81.9 cm³/mol. The second-order valence-electron chi connectivity index (χ2n) is 5.15. The van der Waals surface area contributed by atoms with Gasteiger partial charge in [0.1, 0.15) is 11.5 Å². The maximum absolute atomic E-state index is 12.2. The SMILES string of the molecule is O=C1[C@H](Cl)[C@@H]2C=C[C@@](COCc3ccccc3)(O2)C1(Cl)Cl. The molecule has 2 aliphatic rings. The van der Waals surface area contributed by atoms with Crippen LogP contribution in [0.3, 0.4) is 0 Å². The minimum absolute atomic E-state index is 0.0806. The summed E-state index contributed by atoms with van der Waals surface area (Å²) in [6.07, 6.45) is 2.89. The summed E-state index contributed by atoms with van der Waals surface area (Å²) in [5, 5.41) is -0.874. The van der Waals surface area contributed by atoms with Crippen LogP contribution < -0.4 is 0 Å². The van der Waals surface area contributed by atoms with Gasteiger partial charge < -0.3 is 9.47 Å². The number of carbonyl (C=O) groups is 1. The summed E-state index contributed by atoms with van der Waals surface area (Å²) in [4.78, 5) is 12.2. The van der Waals surface area contributed by atoms with Gasteiger partial charge in [0.25, 0.3) is 0 Å². The Balaban J connectivity index is 1.72. The molecule has 0 aliphatic carbocycles. The number of halogens is 3. The molecule has 0 N–H and O–H groups in total. The van der Waals surface area contributed by atoms with Gasteiger partial charge in [-0.05, 0) is 11.6 Å². The Morgan fingerprint density at radius 1 is 1.24 bits per heavy atom. The number of alkyl halides is 3. The molecule has 0 unspecified atom stereocenters. The molecular weight excluding hydrogens is 335 g/mol. The van der Waals surface area contributed by atoms with Gasteiger partial charge in [-0.2, -0.15) is 0 Å². The number of carbonyl (C=O) groups excluding carboxylic acids is 1. The molecule has 1 aromatic rings. The smallest absolute Gasteiger partial charge is 0.211 e. The number of rotatable bonds is 4. The Morgan fingerprint density at radius 3 is 2.67 bits per heavy atom. The van der Waals surface area contributed by atoms with Crippen molar-refractivity contribution in [1.29, 1.82) is 0 Å². The van der Waals surface area contributed by atoms with E-state index in [1.54, 1.807) is 12.2 Å². The van der Waals surface area contributed by atoms with Crippen molar-refractivity contribution in [1.82, 2.24) is 0 Å².